The van der Waals surface area contributed by atoms with Gasteiger partial charge in [0, 0.05) is 10.8 Å². The molecule has 8 aliphatic rings. The number of fused-ring (bicyclic) bond motifs is 10. The van der Waals surface area contributed by atoms with Crippen molar-refractivity contribution in [3.05, 3.63) is 70.9 Å². The number of hydrogen-bond donors (Lipinski definition) is 1. The van der Waals surface area contributed by atoms with Crippen LogP contribution in [-0.4, -0.2) is 24.6 Å². The molecule has 0 heterocycles. The highest BCUT2D eigenvalue weighted by Gasteiger charge is 2.64. The third-order valence-corrected chi connectivity index (χ3v) is 24.2. The van der Waals surface area contributed by atoms with E-state index in [1.54, 1.807) is 22.3 Å². The largest absolute Gasteiger partial charge is 0.373 e. The van der Waals surface area contributed by atoms with E-state index >= 15 is 0 Å². The Bertz CT molecular complexity index is 1730. The Morgan fingerprint density at radius 2 is 1.24 bits per heavy atom. The number of carbonyl (C=O) groups is 1. The van der Waals surface area contributed by atoms with Gasteiger partial charge in [-0.15, -0.1) is 5.54 Å². The van der Waals surface area contributed by atoms with Crippen LogP contribution in [0.5, 0.6) is 0 Å². The van der Waals surface area contributed by atoms with Crippen LogP contribution in [0.25, 0.3) is 0 Å². The first-order chi connectivity index (χ1) is 25.4. The molecule has 4 saturated carbocycles. The highest BCUT2D eigenvalue weighted by Crippen LogP contribution is 2.66. The second kappa shape index (κ2) is 14.3. The molecule has 0 aromatic carbocycles. The first-order valence-corrected chi connectivity index (χ1v) is 24.5. The van der Waals surface area contributed by atoms with Crippen LogP contribution in [0.3, 0.4) is 0 Å². The number of aliphatic hydroxyl groups is 1. The normalized spacial score (nSPS) is 41.1. The number of carbonyl (C=O) groups excluding carboxylic acids is 1. The molecule has 0 bridgehead atoms. The van der Waals surface area contributed by atoms with Crippen LogP contribution in [-0.2, 0) is 4.79 Å². The van der Waals surface area contributed by atoms with Gasteiger partial charge in [-0.25, -0.2) is 0 Å². The zero-order chi connectivity index (χ0) is 39.1. The lowest BCUT2D eigenvalue weighted by Crippen LogP contribution is -2.52. The zero-order valence-electron chi connectivity index (χ0n) is 35.9. The predicted molar refractivity (Wildman–Crippen MR) is 230 cm³/mol. The molecule has 3 heteroatoms. The van der Waals surface area contributed by atoms with Crippen molar-refractivity contribution < 1.29 is 9.90 Å². The summed E-state index contributed by atoms with van der Waals surface area (Å²) in [5.74, 6) is 9.52. The highest BCUT2D eigenvalue weighted by atomic mass is 28.3. The Hall–Kier alpha value is -2.15. The summed E-state index contributed by atoms with van der Waals surface area (Å²) in [7, 11) is -1.90. The molecular weight excluding hydrogens is 673 g/mol. The van der Waals surface area contributed by atoms with Crippen molar-refractivity contribution in [2.75, 3.05) is 0 Å². The quantitative estimate of drug-likeness (QED) is 0.135. The summed E-state index contributed by atoms with van der Waals surface area (Å²) in [6.45, 7) is 31.8. The van der Waals surface area contributed by atoms with Crippen LogP contribution in [0.1, 0.15) is 146 Å². The Kier molecular flexibility index (Phi) is 10.6. The minimum Gasteiger partial charge on any atom is -0.373 e. The molecule has 0 amide bonds. The topological polar surface area (TPSA) is 37.3 Å². The molecule has 0 spiro atoms. The molecule has 11 atom stereocenters. The van der Waals surface area contributed by atoms with Crippen molar-refractivity contribution in [3.63, 3.8) is 0 Å². The van der Waals surface area contributed by atoms with E-state index in [4.69, 9.17) is 0 Å². The van der Waals surface area contributed by atoms with Crippen molar-refractivity contribution in [2.24, 2.45) is 58.2 Å². The summed E-state index contributed by atoms with van der Waals surface area (Å²) in [6.07, 6.45) is 24.0. The van der Waals surface area contributed by atoms with Gasteiger partial charge < -0.3 is 5.11 Å². The molecule has 0 aromatic heterocycles. The monoisotopic (exact) mass is 747 g/mol. The lowest BCUT2D eigenvalue weighted by Gasteiger charge is -2.53. The van der Waals surface area contributed by atoms with Crippen molar-refractivity contribution >= 4 is 13.9 Å². The van der Waals surface area contributed by atoms with Gasteiger partial charge in [-0.3, -0.25) is 4.79 Å². The first-order valence-electron chi connectivity index (χ1n) is 22.3. The average Bonchev–Trinajstić information content (AvgIpc) is 3.47. The Morgan fingerprint density at radius 3 is 1.76 bits per heavy atom. The Labute approximate surface area is 331 Å². The fraction of sp³-hybridized carbons (Fsp3) is 0.706. The van der Waals surface area contributed by atoms with Crippen LogP contribution in [0.2, 0.25) is 16.6 Å². The van der Waals surface area contributed by atoms with Crippen molar-refractivity contribution in [2.45, 2.75) is 169 Å². The SMILES string of the molecule is C=C1C[C@H]2[C@@H]3CC=C4C=C(C)CC[C@@H]4[C@H]3CC[C@]2(C)C1=O.C=C1C[C@H]2[C@@H]3CC=C4C=C(C)CC[C@@H]4[C@H]3CC[C@]2(C)[C@]1(O)C#C[Si](C(C)C)(C(C)C)C(C)C. The standard InChI is InChI=1S/C31H48OSi.C20H26O/c1-20(2)33(21(3)4,22(5)6)17-16-31(32)24(8)19-29-28-13-11-25-18-23(7)10-12-26(25)27(28)14-15-30(29,31)9;1-12-4-6-15-14(10-12)5-7-17-16(15)8-9-20(3)18(17)11-13(2)19(20)21/h11,18,20-22,26-29,32H,8,10,12-15,19H2,1-7,9H3;5,10,15-18H,2,4,6-9,11H2,1,3H3/t26-,27+,28+,29-,30-,31-;15-,16+,17+,18-,20-/m00/s1. The van der Waals surface area contributed by atoms with Crippen molar-refractivity contribution in [1.82, 2.24) is 0 Å². The van der Waals surface area contributed by atoms with Gasteiger partial charge in [0.25, 0.3) is 0 Å². The lowest BCUT2D eigenvalue weighted by molar-refractivity contribution is -0.128. The third-order valence-electron chi connectivity index (χ3n) is 17.9. The van der Waals surface area contributed by atoms with Gasteiger partial charge in [-0.05, 0) is 177 Å². The van der Waals surface area contributed by atoms with Gasteiger partial charge in [0.1, 0.15) is 8.07 Å². The summed E-state index contributed by atoms with van der Waals surface area (Å²) in [5.41, 5.74) is 12.5. The smallest absolute Gasteiger partial charge is 0.164 e. The molecule has 0 aromatic rings. The molecule has 0 saturated heterocycles. The summed E-state index contributed by atoms with van der Waals surface area (Å²) in [5, 5.41) is 12.3. The summed E-state index contributed by atoms with van der Waals surface area (Å²) < 4.78 is 0. The first kappa shape index (κ1) is 40.1. The maximum Gasteiger partial charge on any atom is 0.164 e. The van der Waals surface area contributed by atoms with Crippen LogP contribution < -0.4 is 0 Å². The molecule has 2 nitrogen and oxygen atoms in total. The number of ketones is 1. The second-order valence-corrected chi connectivity index (χ2v) is 26.8. The maximum absolute atomic E-state index is 12.5. The Morgan fingerprint density at radius 1 is 0.741 bits per heavy atom. The third kappa shape index (κ3) is 6.08. The molecule has 0 radical (unpaired) electrons. The summed E-state index contributed by atoms with van der Waals surface area (Å²) in [6, 6.07) is 0. The minimum atomic E-state index is -1.90. The van der Waals surface area contributed by atoms with E-state index in [2.05, 4.69) is 118 Å². The zero-order valence-corrected chi connectivity index (χ0v) is 36.9. The fourth-order valence-corrected chi connectivity index (χ4v) is 20.1. The number of Topliss-reactive ketones (excluding diaryl/α,β-unsaturated/α-hetero) is 1. The van der Waals surface area contributed by atoms with Crippen LogP contribution in [0, 0.1) is 69.6 Å². The molecule has 8 rings (SSSR count). The molecule has 1 N–H and O–H groups in total. The summed E-state index contributed by atoms with van der Waals surface area (Å²) >= 11 is 0. The summed E-state index contributed by atoms with van der Waals surface area (Å²) in [4.78, 5) is 12.5. The molecule has 54 heavy (non-hydrogen) atoms. The molecule has 0 unspecified atom stereocenters. The van der Waals surface area contributed by atoms with Crippen LogP contribution >= 0.6 is 0 Å². The highest BCUT2D eigenvalue weighted by molar-refractivity contribution is 6.90. The maximum atomic E-state index is 12.5. The van der Waals surface area contributed by atoms with Crippen LogP contribution in [0.4, 0.5) is 0 Å². The fourth-order valence-electron chi connectivity index (χ4n) is 14.8. The van der Waals surface area contributed by atoms with Crippen molar-refractivity contribution in [3.8, 4) is 11.5 Å². The van der Waals surface area contributed by atoms with E-state index in [0.717, 1.165) is 60.5 Å². The molecular formula is C51H74O2Si. The molecule has 8 aliphatic carbocycles. The predicted octanol–water partition coefficient (Wildman–Crippen LogP) is 13.1. The van der Waals surface area contributed by atoms with Gasteiger partial charge in [0.2, 0.25) is 0 Å². The van der Waals surface area contributed by atoms with E-state index in [-0.39, 0.29) is 10.8 Å². The van der Waals surface area contributed by atoms with E-state index in [0.29, 0.717) is 46.1 Å². The van der Waals surface area contributed by atoms with E-state index in [1.165, 1.54) is 51.4 Å². The van der Waals surface area contributed by atoms with E-state index in [9.17, 15) is 9.90 Å². The number of allylic oxidation sites excluding steroid dienone is 9. The molecule has 4 fully saturated rings. The van der Waals surface area contributed by atoms with Crippen LogP contribution in [0.15, 0.2) is 70.9 Å². The lowest BCUT2D eigenvalue weighted by atomic mass is 9.51. The van der Waals surface area contributed by atoms with Gasteiger partial charge in [0.05, 0.1) is 0 Å². The van der Waals surface area contributed by atoms with Crippen molar-refractivity contribution in [1.29, 1.82) is 0 Å². The van der Waals surface area contributed by atoms with E-state index in [1.807, 2.05) is 0 Å². The number of hydrogen-bond acceptors (Lipinski definition) is 2. The van der Waals surface area contributed by atoms with Gasteiger partial charge in [-0.2, -0.15) is 0 Å². The Balaban J connectivity index is 0.000000183. The van der Waals surface area contributed by atoms with Gasteiger partial charge >= 0.3 is 0 Å². The van der Waals surface area contributed by atoms with Gasteiger partial charge in [-0.1, -0.05) is 110 Å². The number of rotatable bonds is 3. The van der Waals surface area contributed by atoms with E-state index < -0.39 is 13.7 Å². The average molecular weight is 747 g/mol. The molecule has 294 valence electrons. The molecule has 0 aliphatic heterocycles. The van der Waals surface area contributed by atoms with Gasteiger partial charge in [0.15, 0.2) is 11.4 Å². The second-order valence-electron chi connectivity index (χ2n) is 21.2. The minimum absolute atomic E-state index is 0.0932.